The van der Waals surface area contributed by atoms with Gasteiger partial charge in [0.1, 0.15) is 0 Å². The number of benzene rings is 2. The van der Waals surface area contributed by atoms with Gasteiger partial charge in [0.15, 0.2) is 17.3 Å². The molecule has 0 atom stereocenters. The first-order chi connectivity index (χ1) is 10.3. The highest BCUT2D eigenvalue weighted by molar-refractivity contribution is 8.00. The average Bonchev–Trinajstić information content (AvgIpc) is 2.78. The van der Waals surface area contributed by atoms with Crippen LogP contribution < -0.4 is 9.47 Å². The van der Waals surface area contributed by atoms with E-state index in [1.54, 1.807) is 23.9 Å². The normalized spacial score (nSPS) is 13.5. The van der Waals surface area contributed by atoms with Crippen molar-refractivity contribution in [2.45, 2.75) is 11.3 Å². The highest BCUT2D eigenvalue weighted by atomic mass is 32.2. The molecule has 2 aromatic rings. The Morgan fingerprint density at radius 1 is 1.00 bits per heavy atom. The third-order valence-electron chi connectivity index (χ3n) is 3.18. The van der Waals surface area contributed by atoms with Crippen LogP contribution in [0.3, 0.4) is 0 Å². The lowest BCUT2D eigenvalue weighted by Crippen LogP contribution is -2.03. The molecule has 108 valence electrons. The monoisotopic (exact) mass is 300 g/mol. The summed E-state index contributed by atoms with van der Waals surface area (Å²) in [5, 5.41) is 0. The zero-order valence-corrected chi connectivity index (χ0v) is 12.4. The number of ketones is 1. The first-order valence-electron chi connectivity index (χ1n) is 6.93. The number of rotatable bonds is 4. The lowest BCUT2D eigenvalue weighted by Gasteiger charge is -2.08. The van der Waals surface area contributed by atoms with Crippen molar-refractivity contribution >= 4 is 17.5 Å². The Hall–Kier alpha value is -1.94. The van der Waals surface area contributed by atoms with Crippen LogP contribution in [-0.4, -0.2) is 24.7 Å². The maximum Gasteiger partial charge on any atom is 0.173 e. The summed E-state index contributed by atoms with van der Waals surface area (Å²) in [7, 11) is 0. The molecule has 4 heteroatoms. The zero-order valence-electron chi connectivity index (χ0n) is 11.6. The Labute approximate surface area is 128 Å². The van der Waals surface area contributed by atoms with Crippen molar-refractivity contribution in [3.63, 3.8) is 0 Å². The summed E-state index contributed by atoms with van der Waals surface area (Å²) in [4.78, 5) is 13.4. The van der Waals surface area contributed by atoms with Gasteiger partial charge in [-0.25, -0.2) is 0 Å². The molecule has 2 aromatic carbocycles. The van der Waals surface area contributed by atoms with Gasteiger partial charge in [0.25, 0.3) is 0 Å². The summed E-state index contributed by atoms with van der Waals surface area (Å²) in [6, 6.07) is 15.3. The molecule has 0 aromatic heterocycles. The number of hydrogen-bond donors (Lipinski definition) is 0. The van der Waals surface area contributed by atoms with Gasteiger partial charge in [-0.15, -0.1) is 11.8 Å². The van der Waals surface area contributed by atoms with Gasteiger partial charge in [0.05, 0.1) is 19.0 Å². The minimum Gasteiger partial charge on any atom is -0.490 e. The van der Waals surface area contributed by atoms with E-state index < -0.39 is 0 Å². The second-order valence-electron chi connectivity index (χ2n) is 4.74. The van der Waals surface area contributed by atoms with E-state index in [4.69, 9.17) is 9.47 Å². The smallest absolute Gasteiger partial charge is 0.173 e. The summed E-state index contributed by atoms with van der Waals surface area (Å²) in [6.45, 7) is 1.29. The van der Waals surface area contributed by atoms with Crippen LogP contribution >= 0.6 is 11.8 Å². The fourth-order valence-electron chi connectivity index (χ4n) is 2.09. The fourth-order valence-corrected chi connectivity index (χ4v) is 2.90. The summed E-state index contributed by atoms with van der Waals surface area (Å²) < 4.78 is 11.2. The van der Waals surface area contributed by atoms with Gasteiger partial charge in [-0.05, 0) is 30.3 Å². The molecule has 21 heavy (non-hydrogen) atoms. The maximum atomic E-state index is 12.3. The van der Waals surface area contributed by atoms with Crippen LogP contribution in [0.25, 0.3) is 0 Å². The van der Waals surface area contributed by atoms with Crippen LogP contribution in [0.4, 0.5) is 0 Å². The van der Waals surface area contributed by atoms with Crippen LogP contribution in [0.5, 0.6) is 11.5 Å². The predicted octanol–water partition coefficient (Wildman–Crippen LogP) is 3.82. The highest BCUT2D eigenvalue weighted by Crippen LogP contribution is 2.31. The second-order valence-corrected chi connectivity index (χ2v) is 5.79. The van der Waals surface area contributed by atoms with Crippen molar-refractivity contribution in [1.82, 2.24) is 0 Å². The number of carbonyl (C=O) groups excluding carboxylic acids is 1. The Morgan fingerprint density at radius 3 is 2.57 bits per heavy atom. The van der Waals surface area contributed by atoms with Crippen molar-refractivity contribution in [3.8, 4) is 11.5 Å². The number of thioether (sulfide) groups is 1. The highest BCUT2D eigenvalue weighted by Gasteiger charge is 2.14. The third kappa shape index (κ3) is 3.58. The second kappa shape index (κ2) is 6.68. The summed E-state index contributed by atoms with van der Waals surface area (Å²) in [6.07, 6.45) is 0.863. The van der Waals surface area contributed by atoms with Gasteiger partial charge in [0.2, 0.25) is 0 Å². The molecule has 0 radical (unpaired) electrons. The van der Waals surface area contributed by atoms with E-state index in [2.05, 4.69) is 0 Å². The molecule has 0 amide bonds. The van der Waals surface area contributed by atoms with Crippen LogP contribution in [0.15, 0.2) is 53.4 Å². The zero-order chi connectivity index (χ0) is 14.5. The van der Waals surface area contributed by atoms with Crippen molar-refractivity contribution in [2.24, 2.45) is 0 Å². The van der Waals surface area contributed by atoms with Gasteiger partial charge in [0, 0.05) is 16.9 Å². The van der Waals surface area contributed by atoms with E-state index in [-0.39, 0.29) is 5.78 Å². The lowest BCUT2D eigenvalue weighted by atomic mass is 10.1. The van der Waals surface area contributed by atoms with E-state index in [0.29, 0.717) is 30.3 Å². The molecular formula is C17H16O3S. The van der Waals surface area contributed by atoms with Gasteiger partial charge >= 0.3 is 0 Å². The Balaban J connectivity index is 1.68. The quantitative estimate of drug-likeness (QED) is 0.635. The SMILES string of the molecule is O=C(CSc1ccccc1)c1ccc2c(c1)OCCCO2. The van der Waals surface area contributed by atoms with Crippen LogP contribution in [0.1, 0.15) is 16.8 Å². The van der Waals surface area contributed by atoms with Gasteiger partial charge in [-0.1, -0.05) is 18.2 Å². The average molecular weight is 300 g/mol. The first-order valence-corrected chi connectivity index (χ1v) is 7.92. The predicted molar refractivity (Wildman–Crippen MR) is 83.5 cm³/mol. The Bertz CT molecular complexity index is 625. The molecule has 3 nitrogen and oxygen atoms in total. The molecule has 0 N–H and O–H groups in total. The molecule has 0 spiro atoms. The molecule has 1 aliphatic heterocycles. The number of fused-ring (bicyclic) bond motifs is 1. The maximum absolute atomic E-state index is 12.3. The number of hydrogen-bond acceptors (Lipinski definition) is 4. The molecule has 1 heterocycles. The number of Topliss-reactive ketones (excluding diaryl/α,β-unsaturated/α-hetero) is 1. The van der Waals surface area contributed by atoms with E-state index in [1.807, 2.05) is 36.4 Å². The van der Waals surface area contributed by atoms with Gasteiger partial charge in [-0.2, -0.15) is 0 Å². The summed E-state index contributed by atoms with van der Waals surface area (Å²) >= 11 is 1.54. The fraction of sp³-hybridized carbons (Fsp3) is 0.235. The van der Waals surface area contributed by atoms with Crippen LogP contribution in [0, 0.1) is 0 Å². The van der Waals surface area contributed by atoms with E-state index >= 15 is 0 Å². The van der Waals surface area contributed by atoms with Crippen LogP contribution in [0.2, 0.25) is 0 Å². The van der Waals surface area contributed by atoms with Crippen molar-refractivity contribution in [1.29, 1.82) is 0 Å². The van der Waals surface area contributed by atoms with E-state index in [9.17, 15) is 4.79 Å². The number of carbonyl (C=O) groups is 1. The number of ether oxygens (including phenoxy) is 2. The Morgan fingerprint density at radius 2 is 1.76 bits per heavy atom. The molecule has 0 saturated heterocycles. The topological polar surface area (TPSA) is 35.5 Å². The van der Waals surface area contributed by atoms with Crippen LogP contribution in [-0.2, 0) is 0 Å². The molecule has 1 aliphatic rings. The molecular weight excluding hydrogens is 284 g/mol. The third-order valence-corrected chi connectivity index (χ3v) is 4.19. The summed E-state index contributed by atoms with van der Waals surface area (Å²) in [5.74, 6) is 1.91. The minimum absolute atomic E-state index is 0.0968. The van der Waals surface area contributed by atoms with Crippen molar-refractivity contribution in [3.05, 3.63) is 54.1 Å². The standard InChI is InChI=1S/C17H16O3S/c18-15(12-21-14-5-2-1-3-6-14)13-7-8-16-17(11-13)20-10-4-9-19-16/h1-3,5-8,11H,4,9-10,12H2. The molecule has 0 unspecified atom stereocenters. The van der Waals surface area contributed by atoms with E-state index in [1.165, 1.54) is 0 Å². The molecule has 0 saturated carbocycles. The largest absolute Gasteiger partial charge is 0.490 e. The lowest BCUT2D eigenvalue weighted by molar-refractivity contribution is 0.102. The van der Waals surface area contributed by atoms with Gasteiger partial charge in [-0.3, -0.25) is 4.79 Å². The molecule has 0 aliphatic carbocycles. The molecule has 0 bridgehead atoms. The first kappa shape index (κ1) is 14.0. The van der Waals surface area contributed by atoms with E-state index in [0.717, 1.165) is 17.1 Å². The molecule has 3 rings (SSSR count). The van der Waals surface area contributed by atoms with Crippen molar-refractivity contribution in [2.75, 3.05) is 19.0 Å². The summed E-state index contributed by atoms with van der Waals surface area (Å²) in [5.41, 5.74) is 0.669. The Kier molecular flexibility index (Phi) is 4.46. The van der Waals surface area contributed by atoms with Crippen molar-refractivity contribution < 1.29 is 14.3 Å². The molecule has 0 fully saturated rings. The van der Waals surface area contributed by atoms with Gasteiger partial charge < -0.3 is 9.47 Å². The minimum atomic E-state index is 0.0968.